The van der Waals surface area contributed by atoms with E-state index in [2.05, 4.69) is 10.1 Å². The van der Waals surface area contributed by atoms with E-state index in [0.717, 1.165) is 6.42 Å². The minimum absolute atomic E-state index is 0.103. The zero-order valence-electron chi connectivity index (χ0n) is 12.3. The SMILES string of the molecule is CC[C@@H]1CN(C(=O)Nc2ccc(C(=O)OC)cc2)CCO1. The van der Waals surface area contributed by atoms with Crippen molar-refractivity contribution in [3.05, 3.63) is 29.8 Å². The average molecular weight is 292 g/mol. The number of urea groups is 1. The van der Waals surface area contributed by atoms with Crippen molar-refractivity contribution in [2.45, 2.75) is 19.4 Å². The van der Waals surface area contributed by atoms with Crippen LogP contribution >= 0.6 is 0 Å². The summed E-state index contributed by atoms with van der Waals surface area (Å²) in [4.78, 5) is 25.2. The smallest absolute Gasteiger partial charge is 0.337 e. The van der Waals surface area contributed by atoms with Crippen LogP contribution < -0.4 is 5.32 Å². The van der Waals surface area contributed by atoms with Crippen LogP contribution in [-0.4, -0.2) is 49.8 Å². The molecular formula is C15H20N2O4. The average Bonchev–Trinajstić information content (AvgIpc) is 2.54. The molecular weight excluding hydrogens is 272 g/mol. The number of methoxy groups -OCH3 is 1. The molecule has 0 spiro atoms. The van der Waals surface area contributed by atoms with Crippen molar-refractivity contribution in [1.29, 1.82) is 0 Å². The van der Waals surface area contributed by atoms with Gasteiger partial charge in [-0.15, -0.1) is 0 Å². The number of nitrogens with zero attached hydrogens (tertiary/aromatic N) is 1. The van der Waals surface area contributed by atoms with E-state index < -0.39 is 5.97 Å². The summed E-state index contributed by atoms with van der Waals surface area (Å²) in [6.07, 6.45) is 0.989. The Hall–Kier alpha value is -2.08. The van der Waals surface area contributed by atoms with Crippen LogP contribution in [0.3, 0.4) is 0 Å². The summed E-state index contributed by atoms with van der Waals surface area (Å²) in [7, 11) is 1.33. The third kappa shape index (κ3) is 3.95. The second-order valence-electron chi connectivity index (χ2n) is 4.85. The van der Waals surface area contributed by atoms with Gasteiger partial charge in [0.05, 0.1) is 25.4 Å². The highest BCUT2D eigenvalue weighted by Crippen LogP contribution is 2.13. The number of rotatable bonds is 3. The highest BCUT2D eigenvalue weighted by molar-refractivity contribution is 5.92. The van der Waals surface area contributed by atoms with Crippen LogP contribution in [0.1, 0.15) is 23.7 Å². The molecule has 6 nitrogen and oxygen atoms in total. The molecule has 6 heteroatoms. The van der Waals surface area contributed by atoms with Crippen LogP contribution in [0.4, 0.5) is 10.5 Å². The molecule has 114 valence electrons. The van der Waals surface area contributed by atoms with Gasteiger partial charge in [0, 0.05) is 18.8 Å². The molecule has 0 bridgehead atoms. The van der Waals surface area contributed by atoms with Crippen molar-refractivity contribution in [1.82, 2.24) is 4.90 Å². The maximum Gasteiger partial charge on any atom is 0.337 e. The summed E-state index contributed by atoms with van der Waals surface area (Å²) in [5, 5.41) is 2.82. The van der Waals surface area contributed by atoms with Gasteiger partial charge in [0.1, 0.15) is 0 Å². The second-order valence-corrected chi connectivity index (χ2v) is 4.85. The third-order valence-electron chi connectivity index (χ3n) is 3.44. The largest absolute Gasteiger partial charge is 0.465 e. The Labute approximate surface area is 124 Å². The van der Waals surface area contributed by atoms with Crippen molar-refractivity contribution in [2.75, 3.05) is 32.1 Å². The summed E-state index contributed by atoms with van der Waals surface area (Å²) < 4.78 is 10.2. The lowest BCUT2D eigenvalue weighted by molar-refractivity contribution is -0.0134. The first-order valence-corrected chi connectivity index (χ1v) is 7.00. The lowest BCUT2D eigenvalue weighted by Gasteiger charge is -2.32. The van der Waals surface area contributed by atoms with E-state index >= 15 is 0 Å². The van der Waals surface area contributed by atoms with Gasteiger partial charge in [0.25, 0.3) is 0 Å². The van der Waals surface area contributed by atoms with Crippen LogP contribution in [0.2, 0.25) is 0 Å². The number of hydrogen-bond acceptors (Lipinski definition) is 4. The zero-order chi connectivity index (χ0) is 15.2. The number of nitrogens with one attached hydrogen (secondary N) is 1. The number of esters is 1. The highest BCUT2D eigenvalue weighted by atomic mass is 16.5. The van der Waals surface area contributed by atoms with Crippen LogP contribution in [-0.2, 0) is 9.47 Å². The standard InChI is InChI=1S/C15H20N2O4/c1-3-13-10-17(8-9-21-13)15(19)16-12-6-4-11(5-7-12)14(18)20-2/h4-7,13H,3,8-10H2,1-2H3,(H,16,19)/t13-/m1/s1. The second kappa shape index (κ2) is 7.08. The van der Waals surface area contributed by atoms with Crippen molar-refractivity contribution >= 4 is 17.7 Å². The molecule has 1 heterocycles. The van der Waals surface area contributed by atoms with E-state index in [9.17, 15) is 9.59 Å². The van der Waals surface area contributed by atoms with Crippen molar-refractivity contribution in [2.24, 2.45) is 0 Å². The van der Waals surface area contributed by atoms with E-state index in [1.54, 1.807) is 29.2 Å². The topological polar surface area (TPSA) is 67.9 Å². The minimum Gasteiger partial charge on any atom is -0.465 e. The van der Waals surface area contributed by atoms with E-state index in [-0.39, 0.29) is 12.1 Å². The molecule has 1 aromatic carbocycles. The quantitative estimate of drug-likeness (QED) is 0.866. The molecule has 0 unspecified atom stereocenters. The van der Waals surface area contributed by atoms with E-state index in [1.165, 1.54) is 7.11 Å². The molecule has 0 aliphatic carbocycles. The molecule has 0 radical (unpaired) electrons. The Kier molecular flexibility index (Phi) is 5.16. The predicted octanol–water partition coefficient (Wildman–Crippen LogP) is 2.12. The molecule has 21 heavy (non-hydrogen) atoms. The molecule has 1 aromatic rings. The number of carbonyl (C=O) groups excluding carboxylic acids is 2. The fourth-order valence-corrected chi connectivity index (χ4v) is 2.16. The highest BCUT2D eigenvalue weighted by Gasteiger charge is 2.23. The third-order valence-corrected chi connectivity index (χ3v) is 3.44. The number of carbonyl (C=O) groups is 2. The monoisotopic (exact) mass is 292 g/mol. The molecule has 1 saturated heterocycles. The summed E-state index contributed by atoms with van der Waals surface area (Å²) in [6, 6.07) is 6.46. The Bertz CT molecular complexity index is 501. The molecule has 1 aliphatic rings. The summed E-state index contributed by atoms with van der Waals surface area (Å²) >= 11 is 0. The van der Waals surface area contributed by atoms with Gasteiger partial charge < -0.3 is 19.7 Å². The van der Waals surface area contributed by atoms with Gasteiger partial charge in [-0.25, -0.2) is 9.59 Å². The number of hydrogen-bond donors (Lipinski definition) is 1. The molecule has 1 atom stereocenters. The fraction of sp³-hybridized carbons (Fsp3) is 0.467. The first-order valence-electron chi connectivity index (χ1n) is 7.00. The molecule has 0 saturated carbocycles. The molecule has 2 amide bonds. The first kappa shape index (κ1) is 15.3. The Morgan fingerprint density at radius 2 is 2.10 bits per heavy atom. The van der Waals surface area contributed by atoms with Crippen molar-refractivity contribution < 1.29 is 19.1 Å². The van der Waals surface area contributed by atoms with Crippen LogP contribution in [0.5, 0.6) is 0 Å². The molecule has 1 fully saturated rings. The summed E-state index contributed by atoms with van der Waals surface area (Å²) in [5.41, 5.74) is 1.10. The van der Waals surface area contributed by atoms with Crippen LogP contribution in [0, 0.1) is 0 Å². The predicted molar refractivity (Wildman–Crippen MR) is 78.4 cm³/mol. The maximum atomic E-state index is 12.2. The van der Waals surface area contributed by atoms with Gasteiger partial charge in [-0.3, -0.25) is 0 Å². The Morgan fingerprint density at radius 3 is 2.71 bits per heavy atom. The lowest BCUT2D eigenvalue weighted by atomic mass is 10.2. The van der Waals surface area contributed by atoms with Gasteiger partial charge in [-0.1, -0.05) is 6.92 Å². The number of benzene rings is 1. The normalized spacial score (nSPS) is 18.2. The van der Waals surface area contributed by atoms with Gasteiger partial charge in [0.15, 0.2) is 0 Å². The first-order chi connectivity index (χ1) is 10.1. The summed E-state index contributed by atoms with van der Waals surface area (Å²) in [5.74, 6) is -0.396. The fourth-order valence-electron chi connectivity index (χ4n) is 2.16. The molecule has 1 aliphatic heterocycles. The molecule has 1 N–H and O–H groups in total. The zero-order valence-corrected chi connectivity index (χ0v) is 12.3. The number of amides is 2. The van der Waals surface area contributed by atoms with Gasteiger partial charge in [-0.05, 0) is 30.7 Å². The lowest BCUT2D eigenvalue weighted by Crippen LogP contribution is -2.47. The maximum absolute atomic E-state index is 12.2. The van der Waals surface area contributed by atoms with Crippen molar-refractivity contribution in [3.63, 3.8) is 0 Å². The van der Waals surface area contributed by atoms with Gasteiger partial charge in [0.2, 0.25) is 0 Å². The van der Waals surface area contributed by atoms with Gasteiger partial charge in [-0.2, -0.15) is 0 Å². The minimum atomic E-state index is -0.396. The number of ether oxygens (including phenoxy) is 2. The van der Waals surface area contributed by atoms with Crippen LogP contribution in [0.25, 0.3) is 0 Å². The van der Waals surface area contributed by atoms with Crippen LogP contribution in [0.15, 0.2) is 24.3 Å². The Balaban J connectivity index is 1.94. The Morgan fingerprint density at radius 1 is 1.38 bits per heavy atom. The van der Waals surface area contributed by atoms with E-state index in [4.69, 9.17) is 4.74 Å². The van der Waals surface area contributed by atoms with Gasteiger partial charge >= 0.3 is 12.0 Å². The number of morpholine rings is 1. The molecule has 2 rings (SSSR count). The van der Waals surface area contributed by atoms with E-state index in [0.29, 0.717) is 30.9 Å². The van der Waals surface area contributed by atoms with E-state index in [1.807, 2.05) is 6.92 Å². The number of anilines is 1. The van der Waals surface area contributed by atoms with Crippen molar-refractivity contribution in [3.8, 4) is 0 Å². The summed E-state index contributed by atoms with van der Waals surface area (Å²) in [6.45, 7) is 3.79. The molecule has 0 aromatic heterocycles.